The van der Waals surface area contributed by atoms with Crippen molar-refractivity contribution in [3.63, 3.8) is 0 Å². The van der Waals surface area contributed by atoms with Crippen molar-refractivity contribution < 1.29 is 18.7 Å². The summed E-state index contributed by atoms with van der Waals surface area (Å²) in [6.07, 6.45) is 5.70. The summed E-state index contributed by atoms with van der Waals surface area (Å²) < 4.78 is 21.4. The summed E-state index contributed by atoms with van der Waals surface area (Å²) in [5, 5.41) is 2.50. The molecule has 0 radical (unpaired) electrons. The fourth-order valence-corrected chi connectivity index (χ4v) is 5.11. The molecule has 1 saturated heterocycles. The minimum Gasteiger partial charge on any atom is -0.457 e. The van der Waals surface area contributed by atoms with Gasteiger partial charge in [-0.1, -0.05) is 13.5 Å². The van der Waals surface area contributed by atoms with Gasteiger partial charge in [0.1, 0.15) is 35.2 Å². The number of nitrogens with one attached hydrogen (secondary N) is 1. The third-order valence-electron chi connectivity index (χ3n) is 7.06. The number of nitrogen functional groups attached to an aromatic ring is 1. The van der Waals surface area contributed by atoms with E-state index in [1.54, 1.807) is 30.1 Å². The van der Waals surface area contributed by atoms with Crippen LogP contribution in [0.5, 0.6) is 11.5 Å². The van der Waals surface area contributed by atoms with Gasteiger partial charge >= 0.3 is 0 Å². The van der Waals surface area contributed by atoms with Crippen LogP contribution < -0.4 is 15.8 Å². The summed E-state index contributed by atoms with van der Waals surface area (Å²) in [5.74, 6) is -0.197. The second-order valence-electron chi connectivity index (χ2n) is 9.34. The van der Waals surface area contributed by atoms with E-state index in [0.717, 1.165) is 12.8 Å². The Labute approximate surface area is 232 Å². The van der Waals surface area contributed by atoms with Crippen molar-refractivity contribution >= 4 is 23.3 Å². The standard InChI is InChI=1S/C29H32FN7O3/c1-5-20(17-10-12-37(15-17)24(38)6-2)27-25(28(31)36-16-35-27)26(32-3)21-8-7-18(13-22(21)30)40-19-9-11-34-23(14-19)29(39)33-4/h6-9,11,13-14,16-17,20H,2,5,10,12,15H2,1,3-4H3,(H,33,39)(H2,31,35,36). The molecule has 208 valence electrons. The molecule has 0 saturated carbocycles. The Bertz CT molecular complexity index is 1460. The lowest BCUT2D eigenvalue weighted by molar-refractivity contribution is -0.125. The van der Waals surface area contributed by atoms with Crippen LogP contribution in [0.25, 0.3) is 0 Å². The molecular formula is C29H32FN7O3. The van der Waals surface area contributed by atoms with E-state index in [9.17, 15) is 9.59 Å². The van der Waals surface area contributed by atoms with Gasteiger partial charge in [-0.3, -0.25) is 19.6 Å². The number of pyridine rings is 1. The molecule has 0 aliphatic carbocycles. The number of rotatable bonds is 9. The van der Waals surface area contributed by atoms with E-state index in [0.29, 0.717) is 35.8 Å². The normalized spacial score (nSPS) is 15.9. The fourth-order valence-electron chi connectivity index (χ4n) is 5.11. The average Bonchev–Trinajstić information content (AvgIpc) is 3.45. The van der Waals surface area contributed by atoms with Gasteiger partial charge in [-0.25, -0.2) is 14.4 Å². The molecule has 2 atom stereocenters. The van der Waals surface area contributed by atoms with Gasteiger partial charge in [0.05, 0.1) is 17.0 Å². The number of hydrogen-bond donors (Lipinski definition) is 2. The van der Waals surface area contributed by atoms with Crippen LogP contribution in [0.3, 0.4) is 0 Å². The van der Waals surface area contributed by atoms with Gasteiger partial charge in [0.2, 0.25) is 5.91 Å². The number of amides is 2. The number of aliphatic imine (C=N–C) groups is 1. The topological polar surface area (TPSA) is 136 Å². The van der Waals surface area contributed by atoms with Gasteiger partial charge in [0, 0.05) is 57.0 Å². The van der Waals surface area contributed by atoms with Gasteiger partial charge in [-0.2, -0.15) is 0 Å². The maximum atomic E-state index is 15.6. The molecule has 1 aromatic carbocycles. The van der Waals surface area contributed by atoms with Crippen molar-refractivity contribution in [2.75, 3.05) is 32.9 Å². The van der Waals surface area contributed by atoms with Crippen molar-refractivity contribution in [2.24, 2.45) is 10.9 Å². The van der Waals surface area contributed by atoms with Crippen molar-refractivity contribution in [1.82, 2.24) is 25.2 Å². The maximum absolute atomic E-state index is 15.6. The van der Waals surface area contributed by atoms with Gasteiger partial charge in [-0.05, 0) is 43.0 Å². The highest BCUT2D eigenvalue weighted by atomic mass is 19.1. The van der Waals surface area contributed by atoms with Crippen LogP contribution >= 0.6 is 0 Å². The van der Waals surface area contributed by atoms with Crippen molar-refractivity contribution in [2.45, 2.75) is 25.7 Å². The van der Waals surface area contributed by atoms with Crippen LogP contribution in [0.1, 0.15) is 53.0 Å². The fraction of sp³-hybridized carbons (Fsp3) is 0.310. The Hall–Kier alpha value is -4.67. The number of nitrogens with zero attached hydrogens (tertiary/aromatic N) is 5. The van der Waals surface area contributed by atoms with Crippen molar-refractivity contribution in [3.8, 4) is 11.5 Å². The second kappa shape index (κ2) is 12.5. The number of carbonyl (C=O) groups is 2. The third-order valence-corrected chi connectivity index (χ3v) is 7.06. The van der Waals surface area contributed by atoms with E-state index < -0.39 is 5.82 Å². The molecule has 3 heterocycles. The third kappa shape index (κ3) is 5.83. The number of ether oxygens (including phenoxy) is 1. The Kier molecular flexibility index (Phi) is 8.83. The number of anilines is 1. The molecule has 2 unspecified atom stereocenters. The molecule has 3 N–H and O–H groups in total. The van der Waals surface area contributed by atoms with Gasteiger partial charge < -0.3 is 20.7 Å². The minimum atomic E-state index is -0.579. The molecule has 0 spiro atoms. The first-order valence-electron chi connectivity index (χ1n) is 13.0. The summed E-state index contributed by atoms with van der Waals surface area (Å²) in [6.45, 7) is 6.85. The zero-order valence-corrected chi connectivity index (χ0v) is 22.7. The van der Waals surface area contributed by atoms with Crippen LogP contribution in [-0.4, -0.2) is 64.6 Å². The Morgan fingerprint density at radius 1 is 1.27 bits per heavy atom. The van der Waals surface area contributed by atoms with Crippen molar-refractivity contribution in [1.29, 1.82) is 0 Å². The predicted molar refractivity (Wildman–Crippen MR) is 150 cm³/mol. The van der Waals surface area contributed by atoms with E-state index in [1.807, 2.05) is 0 Å². The molecule has 11 heteroatoms. The summed E-state index contributed by atoms with van der Waals surface area (Å²) in [4.78, 5) is 43.0. The first kappa shape index (κ1) is 28.3. The lowest BCUT2D eigenvalue weighted by Gasteiger charge is -2.25. The lowest BCUT2D eigenvalue weighted by atomic mass is 9.83. The molecule has 0 bridgehead atoms. The molecule has 2 amide bonds. The number of aromatic nitrogens is 3. The highest BCUT2D eigenvalue weighted by molar-refractivity contribution is 6.16. The first-order valence-corrected chi connectivity index (χ1v) is 13.0. The van der Waals surface area contributed by atoms with E-state index in [1.165, 1.54) is 37.8 Å². The Balaban J connectivity index is 1.65. The second-order valence-corrected chi connectivity index (χ2v) is 9.34. The molecule has 1 aliphatic rings. The first-order chi connectivity index (χ1) is 19.3. The van der Waals surface area contributed by atoms with E-state index in [-0.39, 0.29) is 46.5 Å². The summed E-state index contributed by atoms with van der Waals surface area (Å²) >= 11 is 0. The Morgan fingerprint density at radius 3 is 2.73 bits per heavy atom. The molecule has 2 aromatic heterocycles. The summed E-state index contributed by atoms with van der Waals surface area (Å²) in [5.41, 5.74) is 8.21. The van der Waals surface area contributed by atoms with E-state index >= 15 is 4.39 Å². The van der Waals surface area contributed by atoms with Gasteiger partial charge in [0.15, 0.2) is 0 Å². The summed E-state index contributed by atoms with van der Waals surface area (Å²) in [7, 11) is 3.07. The molecule has 40 heavy (non-hydrogen) atoms. The monoisotopic (exact) mass is 545 g/mol. The van der Waals surface area contributed by atoms with Crippen LogP contribution in [0.2, 0.25) is 0 Å². The molecule has 1 fully saturated rings. The maximum Gasteiger partial charge on any atom is 0.269 e. The number of hydrogen-bond acceptors (Lipinski definition) is 8. The van der Waals surface area contributed by atoms with Gasteiger partial charge in [0.25, 0.3) is 5.91 Å². The smallest absolute Gasteiger partial charge is 0.269 e. The van der Waals surface area contributed by atoms with E-state index in [2.05, 4.69) is 38.8 Å². The van der Waals surface area contributed by atoms with Crippen LogP contribution in [0.4, 0.5) is 10.2 Å². The Morgan fingerprint density at radius 2 is 2.05 bits per heavy atom. The zero-order chi connectivity index (χ0) is 28.8. The molecule has 1 aliphatic heterocycles. The van der Waals surface area contributed by atoms with Crippen LogP contribution in [0.15, 0.2) is 60.5 Å². The molecular weight excluding hydrogens is 513 g/mol. The zero-order valence-electron chi connectivity index (χ0n) is 22.7. The SMILES string of the molecule is C=CC(=O)N1CCC(C(CC)c2ncnc(N)c2C(=NC)c2ccc(Oc3ccnc(C(=O)NC)c3)cc2F)C1. The molecule has 10 nitrogen and oxygen atoms in total. The summed E-state index contributed by atoms with van der Waals surface area (Å²) in [6, 6.07) is 7.45. The number of nitrogens with two attached hydrogens (primary N) is 1. The lowest BCUT2D eigenvalue weighted by Crippen LogP contribution is -2.28. The minimum absolute atomic E-state index is 0.0495. The highest BCUT2D eigenvalue weighted by Gasteiger charge is 2.34. The number of likely N-dealkylation sites (tertiary alicyclic amines) is 1. The van der Waals surface area contributed by atoms with E-state index in [4.69, 9.17) is 10.5 Å². The largest absolute Gasteiger partial charge is 0.457 e. The van der Waals surface area contributed by atoms with Gasteiger partial charge in [-0.15, -0.1) is 0 Å². The quantitative estimate of drug-likeness (QED) is 0.309. The van der Waals surface area contributed by atoms with Crippen molar-refractivity contribution in [3.05, 3.63) is 83.8 Å². The number of halogens is 1. The average molecular weight is 546 g/mol. The predicted octanol–water partition coefficient (Wildman–Crippen LogP) is 3.74. The molecule has 4 rings (SSSR count). The number of carbonyl (C=O) groups excluding carboxylic acids is 2. The number of benzene rings is 1. The highest BCUT2D eigenvalue weighted by Crippen LogP contribution is 2.37. The van der Waals surface area contributed by atoms with Crippen LogP contribution in [0, 0.1) is 11.7 Å². The van der Waals surface area contributed by atoms with Crippen LogP contribution in [-0.2, 0) is 4.79 Å². The molecule has 3 aromatic rings.